The molecule has 0 bridgehead atoms. The van der Waals surface area contributed by atoms with Crippen LogP contribution >= 0.6 is 0 Å². The number of benzene rings is 1. The third kappa shape index (κ3) is 4.45. The van der Waals surface area contributed by atoms with Crippen LogP contribution in [-0.4, -0.2) is 35.7 Å². The molecule has 0 radical (unpaired) electrons. The Kier molecular flexibility index (Phi) is 5.88. The van der Waals surface area contributed by atoms with Crippen molar-refractivity contribution in [2.45, 2.75) is 46.1 Å². The van der Waals surface area contributed by atoms with E-state index >= 15 is 0 Å². The number of amides is 1. The molecular formula is C19H24N2O6. The highest BCUT2D eigenvalue weighted by atomic mass is 16.6. The van der Waals surface area contributed by atoms with Crippen LogP contribution in [0.2, 0.25) is 0 Å². The Morgan fingerprint density at radius 3 is 2.44 bits per heavy atom. The smallest absolute Gasteiger partial charge is 0.419 e. The van der Waals surface area contributed by atoms with E-state index < -0.39 is 35.0 Å². The fourth-order valence-corrected chi connectivity index (χ4v) is 3.07. The zero-order valence-corrected chi connectivity index (χ0v) is 16.1. The van der Waals surface area contributed by atoms with E-state index in [0.29, 0.717) is 11.3 Å². The Balaban J connectivity index is 2.65. The maximum Gasteiger partial charge on any atom is 0.419 e. The predicted octanol–water partition coefficient (Wildman–Crippen LogP) is 3.64. The summed E-state index contributed by atoms with van der Waals surface area (Å²) in [5.41, 5.74) is 0.595. The number of hydrogen-bond donors (Lipinski definition) is 0. The molecule has 2 rings (SSSR count). The molecule has 1 amide bonds. The zero-order chi connectivity index (χ0) is 20.4. The molecule has 8 heteroatoms. The number of fused-ring (bicyclic) bond motifs is 1. The van der Waals surface area contributed by atoms with Gasteiger partial charge in [-0.25, -0.2) is 14.5 Å². The number of ether oxygens (including phenoxy) is 2. The first-order chi connectivity index (χ1) is 12.6. The van der Waals surface area contributed by atoms with Crippen molar-refractivity contribution in [3.63, 3.8) is 0 Å². The largest absolute Gasteiger partial charge is 0.463 e. The average Bonchev–Trinajstić information content (AvgIpc) is 2.52. The molecule has 1 aromatic carbocycles. The van der Waals surface area contributed by atoms with Crippen molar-refractivity contribution in [3.05, 3.63) is 51.2 Å². The van der Waals surface area contributed by atoms with E-state index in [2.05, 4.69) is 0 Å². The number of esters is 1. The lowest BCUT2D eigenvalue weighted by Gasteiger charge is -2.35. The summed E-state index contributed by atoms with van der Waals surface area (Å²) in [6, 6.07) is 6.79. The molecule has 1 heterocycles. The summed E-state index contributed by atoms with van der Waals surface area (Å²) < 4.78 is 10.6. The lowest BCUT2D eigenvalue weighted by molar-refractivity contribution is -0.481. The van der Waals surface area contributed by atoms with Gasteiger partial charge in [0.1, 0.15) is 5.60 Å². The molecule has 1 aliphatic heterocycles. The number of carbonyl (C=O) groups is 2. The maximum absolute atomic E-state index is 12.8. The van der Waals surface area contributed by atoms with Crippen molar-refractivity contribution in [2.24, 2.45) is 0 Å². The number of allylic oxidation sites excluding steroid dienone is 1. The molecule has 1 atom stereocenters. The van der Waals surface area contributed by atoms with Gasteiger partial charge in [0, 0.05) is 10.6 Å². The summed E-state index contributed by atoms with van der Waals surface area (Å²) in [5, 5.41) is 11.2. The minimum absolute atomic E-state index is 0.0955. The SMILES string of the molecule is CCOC(=O)C1=C(C)N(C(=O)OC(C)(C)C)c2ccccc2[C@@H]1C[N+](=O)[O-]. The van der Waals surface area contributed by atoms with Gasteiger partial charge in [0.05, 0.1) is 23.8 Å². The van der Waals surface area contributed by atoms with Gasteiger partial charge in [-0.05, 0) is 46.2 Å². The van der Waals surface area contributed by atoms with E-state index in [0.717, 1.165) is 0 Å². The van der Waals surface area contributed by atoms with E-state index in [-0.39, 0.29) is 17.9 Å². The average molecular weight is 376 g/mol. The lowest BCUT2D eigenvalue weighted by Crippen LogP contribution is -2.41. The summed E-state index contributed by atoms with van der Waals surface area (Å²) in [5.74, 6) is -1.49. The molecule has 0 aliphatic carbocycles. The summed E-state index contributed by atoms with van der Waals surface area (Å²) in [6.07, 6.45) is -0.659. The second-order valence-electron chi connectivity index (χ2n) is 7.16. The van der Waals surface area contributed by atoms with Crippen molar-refractivity contribution in [1.29, 1.82) is 0 Å². The van der Waals surface area contributed by atoms with Gasteiger partial charge in [0.15, 0.2) is 0 Å². The Morgan fingerprint density at radius 2 is 1.89 bits per heavy atom. The first-order valence-corrected chi connectivity index (χ1v) is 8.68. The van der Waals surface area contributed by atoms with Crippen LogP contribution < -0.4 is 4.90 Å². The number of anilines is 1. The monoisotopic (exact) mass is 376 g/mol. The maximum atomic E-state index is 12.8. The van der Waals surface area contributed by atoms with Crippen LogP contribution in [0.4, 0.5) is 10.5 Å². The predicted molar refractivity (Wildman–Crippen MR) is 99.1 cm³/mol. The van der Waals surface area contributed by atoms with Gasteiger partial charge < -0.3 is 9.47 Å². The Hall–Kier alpha value is -2.90. The van der Waals surface area contributed by atoms with Gasteiger partial charge in [0.25, 0.3) is 0 Å². The second-order valence-corrected chi connectivity index (χ2v) is 7.16. The van der Waals surface area contributed by atoms with Crippen LogP contribution in [0.1, 0.15) is 46.1 Å². The molecule has 0 fully saturated rings. The van der Waals surface area contributed by atoms with Gasteiger partial charge in [0.2, 0.25) is 6.54 Å². The number of hydrogen-bond acceptors (Lipinski definition) is 6. The van der Waals surface area contributed by atoms with Crippen LogP contribution in [0.3, 0.4) is 0 Å². The summed E-state index contributed by atoms with van der Waals surface area (Å²) in [4.78, 5) is 37.5. The highest BCUT2D eigenvalue weighted by Crippen LogP contribution is 2.42. The molecule has 27 heavy (non-hydrogen) atoms. The van der Waals surface area contributed by atoms with Crippen molar-refractivity contribution < 1.29 is 24.0 Å². The molecule has 0 unspecified atom stereocenters. The third-order valence-corrected chi connectivity index (χ3v) is 4.03. The van der Waals surface area contributed by atoms with Gasteiger partial charge in [-0.2, -0.15) is 0 Å². The van der Waals surface area contributed by atoms with Crippen molar-refractivity contribution in [3.8, 4) is 0 Å². The van der Waals surface area contributed by atoms with Crippen LogP contribution in [-0.2, 0) is 14.3 Å². The lowest BCUT2D eigenvalue weighted by atomic mass is 9.85. The standard InChI is InChI=1S/C19H24N2O6/c1-6-26-17(22)16-12(2)21(18(23)27-19(3,4)5)15-10-8-7-9-13(15)14(16)11-20(24)25/h7-10,14H,6,11H2,1-5H3/t14-/m0/s1. The van der Waals surface area contributed by atoms with Crippen molar-refractivity contribution in [2.75, 3.05) is 18.1 Å². The van der Waals surface area contributed by atoms with Gasteiger partial charge in [-0.1, -0.05) is 18.2 Å². The Labute approximate surface area is 157 Å². The molecule has 0 saturated heterocycles. The third-order valence-electron chi connectivity index (χ3n) is 4.03. The number of rotatable bonds is 4. The number of para-hydroxylation sites is 1. The van der Waals surface area contributed by atoms with Gasteiger partial charge >= 0.3 is 12.1 Å². The molecule has 0 spiro atoms. The topological polar surface area (TPSA) is 99.0 Å². The molecule has 1 aromatic rings. The van der Waals surface area contributed by atoms with E-state index in [1.165, 1.54) is 4.90 Å². The quantitative estimate of drug-likeness (QED) is 0.452. The minimum atomic E-state index is -0.811. The van der Waals surface area contributed by atoms with Crippen molar-refractivity contribution in [1.82, 2.24) is 0 Å². The van der Waals surface area contributed by atoms with E-state index in [1.807, 2.05) is 0 Å². The number of nitro groups is 1. The summed E-state index contributed by atoms with van der Waals surface area (Å²) in [6.45, 7) is 8.07. The molecule has 0 N–H and O–H groups in total. The normalized spacial score (nSPS) is 16.6. The van der Waals surface area contributed by atoms with Crippen molar-refractivity contribution >= 4 is 17.7 Å². The molecular weight excluding hydrogens is 352 g/mol. The van der Waals surface area contributed by atoms with Crippen LogP contribution in [0.5, 0.6) is 0 Å². The Bertz CT molecular complexity index is 794. The number of nitrogens with zero attached hydrogens (tertiary/aromatic N) is 2. The van der Waals surface area contributed by atoms with Crippen LogP contribution in [0.25, 0.3) is 0 Å². The highest BCUT2D eigenvalue weighted by Gasteiger charge is 2.41. The second kappa shape index (κ2) is 7.77. The highest BCUT2D eigenvalue weighted by molar-refractivity contribution is 6.00. The minimum Gasteiger partial charge on any atom is -0.463 e. The van der Waals surface area contributed by atoms with E-state index in [4.69, 9.17) is 9.47 Å². The summed E-state index contributed by atoms with van der Waals surface area (Å²) >= 11 is 0. The molecule has 8 nitrogen and oxygen atoms in total. The summed E-state index contributed by atoms with van der Waals surface area (Å²) in [7, 11) is 0. The molecule has 146 valence electrons. The number of carbonyl (C=O) groups excluding carboxylic acids is 2. The van der Waals surface area contributed by atoms with Gasteiger partial charge in [-0.3, -0.25) is 10.1 Å². The van der Waals surface area contributed by atoms with E-state index in [1.54, 1.807) is 58.9 Å². The molecule has 1 aliphatic rings. The zero-order valence-electron chi connectivity index (χ0n) is 16.1. The van der Waals surface area contributed by atoms with Crippen LogP contribution in [0.15, 0.2) is 35.5 Å². The van der Waals surface area contributed by atoms with Gasteiger partial charge in [-0.15, -0.1) is 0 Å². The fourth-order valence-electron chi connectivity index (χ4n) is 3.07. The first-order valence-electron chi connectivity index (χ1n) is 8.68. The van der Waals surface area contributed by atoms with E-state index in [9.17, 15) is 19.7 Å². The first kappa shape index (κ1) is 20.4. The molecule has 0 saturated carbocycles. The Morgan fingerprint density at radius 1 is 1.26 bits per heavy atom. The molecule has 0 aromatic heterocycles. The fraction of sp³-hybridized carbons (Fsp3) is 0.474. The van der Waals surface area contributed by atoms with Crippen LogP contribution in [0, 0.1) is 10.1 Å².